The number of amides is 2. The SMILES string of the molecule is CC1(NC(=O)N2CCc3nc(N4C5CCC4CNC5)sc3C2)CCCC1. The summed E-state index contributed by atoms with van der Waals surface area (Å²) in [6.45, 7) is 5.85. The summed E-state index contributed by atoms with van der Waals surface area (Å²) in [5.41, 5.74) is 1.22. The van der Waals surface area contributed by atoms with E-state index in [2.05, 4.69) is 22.5 Å². The standard InChI is InChI=1S/C19H29N5OS/c1-19(7-2-3-8-19)22-17(25)23-9-6-15-16(12-23)26-18(21-15)24-13-4-5-14(24)11-20-10-13/h13-14,20H,2-12H2,1H3,(H,22,25). The summed E-state index contributed by atoms with van der Waals surface area (Å²) in [4.78, 5) is 23.6. The lowest BCUT2D eigenvalue weighted by molar-refractivity contribution is 0.180. The molecule has 2 bridgehead atoms. The second-order valence-electron chi connectivity index (χ2n) is 8.69. The molecule has 1 aromatic rings. The first kappa shape index (κ1) is 16.8. The normalized spacial score (nSPS) is 29.7. The van der Waals surface area contributed by atoms with Gasteiger partial charge in [-0.05, 0) is 32.6 Å². The molecule has 0 aromatic carbocycles. The summed E-state index contributed by atoms with van der Waals surface area (Å²) in [6.07, 6.45) is 8.10. The van der Waals surface area contributed by atoms with Gasteiger partial charge in [-0.25, -0.2) is 9.78 Å². The molecule has 2 N–H and O–H groups in total. The van der Waals surface area contributed by atoms with Crippen molar-refractivity contribution in [2.75, 3.05) is 24.5 Å². The molecule has 1 saturated carbocycles. The van der Waals surface area contributed by atoms with Gasteiger partial charge in [0.1, 0.15) is 0 Å². The molecule has 26 heavy (non-hydrogen) atoms. The van der Waals surface area contributed by atoms with E-state index in [-0.39, 0.29) is 11.6 Å². The van der Waals surface area contributed by atoms with Crippen molar-refractivity contribution in [1.29, 1.82) is 0 Å². The highest BCUT2D eigenvalue weighted by atomic mass is 32.1. The van der Waals surface area contributed by atoms with E-state index in [4.69, 9.17) is 4.98 Å². The molecule has 7 heteroatoms. The van der Waals surface area contributed by atoms with Gasteiger partial charge in [0.05, 0.1) is 12.2 Å². The Bertz CT molecular complexity index is 682. The molecule has 3 fully saturated rings. The summed E-state index contributed by atoms with van der Waals surface area (Å²) < 4.78 is 0. The molecule has 6 nitrogen and oxygen atoms in total. The van der Waals surface area contributed by atoms with E-state index in [9.17, 15) is 4.79 Å². The summed E-state index contributed by atoms with van der Waals surface area (Å²) in [7, 11) is 0. The maximum atomic E-state index is 12.8. The highest BCUT2D eigenvalue weighted by molar-refractivity contribution is 7.15. The van der Waals surface area contributed by atoms with Gasteiger partial charge in [-0.3, -0.25) is 0 Å². The van der Waals surface area contributed by atoms with E-state index in [0.29, 0.717) is 12.1 Å². The molecule has 5 rings (SSSR count). The summed E-state index contributed by atoms with van der Waals surface area (Å²) in [5.74, 6) is 0. The molecule has 1 aromatic heterocycles. The van der Waals surface area contributed by atoms with Crippen LogP contribution in [0.2, 0.25) is 0 Å². The Labute approximate surface area is 159 Å². The Kier molecular flexibility index (Phi) is 4.12. The third-order valence-electron chi connectivity index (χ3n) is 6.72. The lowest BCUT2D eigenvalue weighted by Crippen LogP contribution is -2.52. The number of rotatable bonds is 2. The molecule has 2 amide bonds. The predicted molar refractivity (Wildman–Crippen MR) is 104 cm³/mol. The van der Waals surface area contributed by atoms with Crippen molar-refractivity contribution in [2.45, 2.75) is 76.0 Å². The second kappa shape index (κ2) is 6.37. The van der Waals surface area contributed by atoms with Gasteiger partial charge in [-0.15, -0.1) is 0 Å². The van der Waals surface area contributed by atoms with Crippen LogP contribution in [0.1, 0.15) is 56.0 Å². The van der Waals surface area contributed by atoms with E-state index in [1.807, 2.05) is 16.2 Å². The molecule has 2 unspecified atom stereocenters. The minimum absolute atomic E-state index is 0.00375. The highest BCUT2D eigenvalue weighted by Gasteiger charge is 2.39. The van der Waals surface area contributed by atoms with Crippen molar-refractivity contribution >= 4 is 22.5 Å². The van der Waals surface area contributed by atoms with Gasteiger partial charge in [0.2, 0.25) is 0 Å². The van der Waals surface area contributed by atoms with Crippen molar-refractivity contribution in [2.24, 2.45) is 0 Å². The van der Waals surface area contributed by atoms with Crippen LogP contribution in [-0.2, 0) is 13.0 Å². The Morgan fingerprint density at radius 3 is 2.73 bits per heavy atom. The predicted octanol–water partition coefficient (Wildman–Crippen LogP) is 2.48. The number of anilines is 1. The van der Waals surface area contributed by atoms with Crippen LogP contribution < -0.4 is 15.5 Å². The fourth-order valence-corrected chi connectivity index (χ4v) is 6.44. The molecule has 4 heterocycles. The van der Waals surface area contributed by atoms with Crippen LogP contribution in [0.3, 0.4) is 0 Å². The van der Waals surface area contributed by atoms with Crippen LogP contribution in [0.15, 0.2) is 0 Å². The lowest BCUT2D eigenvalue weighted by atomic mass is 10.0. The smallest absolute Gasteiger partial charge is 0.318 e. The van der Waals surface area contributed by atoms with Crippen molar-refractivity contribution in [3.05, 3.63) is 10.6 Å². The molecule has 1 aliphatic carbocycles. The van der Waals surface area contributed by atoms with E-state index in [0.717, 1.165) is 45.4 Å². The maximum absolute atomic E-state index is 12.8. The van der Waals surface area contributed by atoms with Gasteiger partial charge >= 0.3 is 6.03 Å². The van der Waals surface area contributed by atoms with E-state index in [1.54, 1.807) is 0 Å². The minimum Gasteiger partial charge on any atom is -0.340 e. The molecule has 2 saturated heterocycles. The number of nitrogens with zero attached hydrogens (tertiary/aromatic N) is 3. The average molecular weight is 376 g/mol. The van der Waals surface area contributed by atoms with Crippen LogP contribution in [0.4, 0.5) is 9.93 Å². The fourth-order valence-electron chi connectivity index (χ4n) is 5.17. The number of hydrogen-bond acceptors (Lipinski definition) is 5. The minimum atomic E-state index is -0.00375. The van der Waals surface area contributed by atoms with E-state index < -0.39 is 0 Å². The first-order valence-corrected chi connectivity index (χ1v) is 11.0. The number of hydrogen-bond donors (Lipinski definition) is 2. The molecule has 142 valence electrons. The van der Waals surface area contributed by atoms with Gasteiger partial charge < -0.3 is 20.4 Å². The summed E-state index contributed by atoms with van der Waals surface area (Å²) >= 11 is 1.82. The maximum Gasteiger partial charge on any atom is 0.318 e. The van der Waals surface area contributed by atoms with Crippen LogP contribution in [-0.4, -0.2) is 53.2 Å². The first-order chi connectivity index (χ1) is 12.6. The number of aromatic nitrogens is 1. The second-order valence-corrected chi connectivity index (χ2v) is 9.75. The van der Waals surface area contributed by atoms with Crippen LogP contribution in [0.5, 0.6) is 0 Å². The third-order valence-corrected chi connectivity index (χ3v) is 7.82. The number of carbonyl (C=O) groups is 1. The fraction of sp³-hybridized carbons (Fsp3) is 0.789. The monoisotopic (exact) mass is 375 g/mol. The van der Waals surface area contributed by atoms with Crippen LogP contribution >= 0.6 is 11.3 Å². The Morgan fingerprint density at radius 1 is 1.27 bits per heavy atom. The molecular weight excluding hydrogens is 346 g/mol. The number of fused-ring (bicyclic) bond motifs is 3. The molecule has 3 aliphatic heterocycles. The zero-order valence-corrected chi connectivity index (χ0v) is 16.4. The zero-order chi connectivity index (χ0) is 17.7. The Morgan fingerprint density at radius 2 is 2.00 bits per heavy atom. The topological polar surface area (TPSA) is 60.5 Å². The van der Waals surface area contributed by atoms with Gasteiger partial charge in [0.15, 0.2) is 5.13 Å². The Balaban J connectivity index is 1.29. The quantitative estimate of drug-likeness (QED) is 0.834. The molecule has 0 radical (unpaired) electrons. The van der Waals surface area contributed by atoms with Crippen LogP contribution in [0, 0.1) is 0 Å². The van der Waals surface area contributed by atoms with E-state index >= 15 is 0 Å². The molecule has 2 atom stereocenters. The van der Waals surface area contributed by atoms with E-state index in [1.165, 1.54) is 41.4 Å². The number of carbonyl (C=O) groups excluding carboxylic acids is 1. The molecular formula is C19H29N5OS. The molecule has 4 aliphatic rings. The van der Waals surface area contributed by atoms with Crippen molar-refractivity contribution in [3.63, 3.8) is 0 Å². The number of thiazole rings is 1. The van der Waals surface area contributed by atoms with Gasteiger partial charge in [0, 0.05) is 48.6 Å². The number of piperazine rings is 1. The van der Waals surface area contributed by atoms with Crippen molar-refractivity contribution in [1.82, 2.24) is 20.5 Å². The van der Waals surface area contributed by atoms with Gasteiger partial charge in [0.25, 0.3) is 0 Å². The third kappa shape index (κ3) is 2.89. The lowest BCUT2D eigenvalue weighted by Gasteiger charge is -2.35. The number of urea groups is 1. The van der Waals surface area contributed by atoms with Gasteiger partial charge in [-0.1, -0.05) is 24.2 Å². The van der Waals surface area contributed by atoms with Crippen molar-refractivity contribution in [3.8, 4) is 0 Å². The van der Waals surface area contributed by atoms with Crippen molar-refractivity contribution < 1.29 is 4.79 Å². The zero-order valence-electron chi connectivity index (χ0n) is 15.6. The van der Waals surface area contributed by atoms with Crippen LogP contribution in [0.25, 0.3) is 0 Å². The Hall–Kier alpha value is -1.34. The summed E-state index contributed by atoms with van der Waals surface area (Å²) in [5, 5.41) is 8.03. The highest BCUT2D eigenvalue weighted by Crippen LogP contribution is 2.38. The largest absolute Gasteiger partial charge is 0.340 e. The van der Waals surface area contributed by atoms with Gasteiger partial charge in [-0.2, -0.15) is 0 Å². The average Bonchev–Trinajstić information content (AvgIpc) is 3.30. The first-order valence-electron chi connectivity index (χ1n) is 10.2. The number of nitrogens with one attached hydrogen (secondary N) is 2. The molecule has 0 spiro atoms. The summed E-state index contributed by atoms with van der Waals surface area (Å²) in [6, 6.07) is 1.31.